The summed E-state index contributed by atoms with van der Waals surface area (Å²) in [7, 11) is 0. The molecule has 0 saturated carbocycles. The van der Waals surface area contributed by atoms with Gasteiger partial charge in [-0.05, 0) is 0 Å². The van der Waals surface area contributed by atoms with Crippen LogP contribution in [0.3, 0.4) is 0 Å². The van der Waals surface area contributed by atoms with Crippen LogP contribution in [0.2, 0.25) is 0 Å². The van der Waals surface area contributed by atoms with E-state index < -0.39 is 0 Å². The molecule has 0 radical (unpaired) electrons. The molecule has 1 heterocycles. The van der Waals surface area contributed by atoms with E-state index in [0.29, 0.717) is 17.6 Å². The highest BCUT2D eigenvalue weighted by molar-refractivity contribution is 7.65. The Kier molecular flexibility index (Phi) is 1.70. The lowest BCUT2D eigenvalue weighted by molar-refractivity contribution is 0.383. The summed E-state index contributed by atoms with van der Waals surface area (Å²) in [6, 6.07) is 0. The smallest absolute Gasteiger partial charge is 0.316 e. The lowest BCUT2D eigenvalue weighted by Gasteiger charge is -2.20. The molecule has 0 bridgehead atoms. The Balaban J connectivity index is 2.03. The maximum atomic E-state index is 9.82. The summed E-state index contributed by atoms with van der Waals surface area (Å²) in [5.41, 5.74) is 0. The quantitative estimate of drug-likeness (QED) is 0.501. The monoisotopic (exact) mass is 118 g/mol. The Morgan fingerprint density at radius 3 is 2.57 bits per heavy atom. The van der Waals surface area contributed by atoms with E-state index in [-0.39, 0.29) is 0 Å². The highest BCUT2D eigenvalue weighted by atomic mass is 32.1. The highest BCUT2D eigenvalue weighted by Gasteiger charge is 2.21. The van der Waals surface area contributed by atoms with Crippen molar-refractivity contribution >= 4 is 11.7 Å². The molecular formula is C4H8NOS+. The van der Waals surface area contributed by atoms with Crippen LogP contribution in [-0.4, -0.2) is 18.8 Å². The first-order valence-corrected chi connectivity index (χ1v) is 3.30. The second kappa shape index (κ2) is 2.33. The van der Waals surface area contributed by atoms with E-state index in [0.717, 1.165) is 18.8 Å². The van der Waals surface area contributed by atoms with Crippen LogP contribution in [0.4, 0.5) is 0 Å². The third-order valence-corrected chi connectivity index (χ3v) is 1.78. The van der Waals surface area contributed by atoms with Crippen LogP contribution in [-0.2, 0) is 15.9 Å². The van der Waals surface area contributed by atoms with Crippen LogP contribution in [0, 0.1) is 5.92 Å². The van der Waals surface area contributed by atoms with Crippen molar-refractivity contribution in [3.8, 4) is 0 Å². The molecule has 1 rings (SSSR count). The minimum Gasteiger partial charge on any atom is -0.316 e. The zero-order valence-corrected chi connectivity index (χ0v) is 4.83. The summed E-state index contributed by atoms with van der Waals surface area (Å²) in [5.74, 6) is 1.45. The average Bonchev–Trinajstić information content (AvgIpc) is 1.55. The van der Waals surface area contributed by atoms with E-state index in [2.05, 4.69) is 5.32 Å². The number of nitrogens with one attached hydrogen (secondary N) is 1. The molecule has 0 unspecified atom stereocenters. The standard InChI is InChI=1S/C4H8NOS/c6-7-3-4-1-5-2-4/h4-5H,1-3H2/q+1. The van der Waals surface area contributed by atoms with Crippen LogP contribution in [0.15, 0.2) is 0 Å². The molecule has 0 aromatic carbocycles. The van der Waals surface area contributed by atoms with Crippen molar-refractivity contribution in [2.45, 2.75) is 0 Å². The van der Waals surface area contributed by atoms with Crippen LogP contribution < -0.4 is 5.32 Å². The molecule has 0 spiro atoms. The van der Waals surface area contributed by atoms with Gasteiger partial charge in [0.2, 0.25) is 5.75 Å². The SMILES string of the molecule is O=[S+]CC1CNC1. The number of rotatable bonds is 2. The van der Waals surface area contributed by atoms with Gasteiger partial charge < -0.3 is 5.32 Å². The number of hydrogen-bond acceptors (Lipinski definition) is 2. The van der Waals surface area contributed by atoms with E-state index in [4.69, 9.17) is 0 Å². The van der Waals surface area contributed by atoms with Crippen LogP contribution >= 0.6 is 0 Å². The van der Waals surface area contributed by atoms with E-state index in [1.165, 1.54) is 0 Å². The van der Waals surface area contributed by atoms with Gasteiger partial charge in [-0.25, -0.2) is 0 Å². The number of hydrogen-bond donors (Lipinski definition) is 1. The predicted octanol–water partition coefficient (Wildman–Crippen LogP) is -0.366. The highest BCUT2D eigenvalue weighted by Crippen LogP contribution is 1.99. The van der Waals surface area contributed by atoms with Crippen LogP contribution in [0.1, 0.15) is 0 Å². The van der Waals surface area contributed by atoms with Crippen molar-refractivity contribution in [3.63, 3.8) is 0 Å². The maximum Gasteiger partial charge on any atom is 0.459 e. The third-order valence-electron chi connectivity index (χ3n) is 1.17. The lowest BCUT2D eigenvalue weighted by atomic mass is 10.1. The molecule has 0 aliphatic carbocycles. The zero-order valence-electron chi connectivity index (χ0n) is 4.02. The second-order valence-corrected chi connectivity index (χ2v) is 2.38. The molecule has 0 aromatic rings. The van der Waals surface area contributed by atoms with Crippen molar-refractivity contribution in [2.75, 3.05) is 18.8 Å². The normalized spacial score (nSPS) is 21.1. The van der Waals surface area contributed by atoms with Crippen molar-refractivity contribution in [2.24, 2.45) is 5.92 Å². The van der Waals surface area contributed by atoms with Gasteiger partial charge >= 0.3 is 11.7 Å². The first-order valence-electron chi connectivity index (χ1n) is 2.39. The van der Waals surface area contributed by atoms with Crippen LogP contribution in [0.25, 0.3) is 0 Å². The average molecular weight is 118 g/mol. The molecule has 0 amide bonds. The predicted molar refractivity (Wildman–Crippen MR) is 29.3 cm³/mol. The molecule has 1 fully saturated rings. The van der Waals surface area contributed by atoms with E-state index >= 15 is 0 Å². The first kappa shape index (κ1) is 5.12. The summed E-state index contributed by atoms with van der Waals surface area (Å²) in [4.78, 5) is 0. The van der Waals surface area contributed by atoms with Crippen molar-refractivity contribution in [1.29, 1.82) is 0 Å². The minimum absolute atomic E-state index is 0.669. The summed E-state index contributed by atoms with van der Waals surface area (Å²) in [5, 5.41) is 3.09. The Morgan fingerprint density at radius 1 is 1.71 bits per heavy atom. The summed E-state index contributed by atoms with van der Waals surface area (Å²) in [6.45, 7) is 2.10. The van der Waals surface area contributed by atoms with Crippen molar-refractivity contribution < 1.29 is 4.21 Å². The van der Waals surface area contributed by atoms with Gasteiger partial charge in [-0.3, -0.25) is 0 Å². The molecule has 0 atom stereocenters. The van der Waals surface area contributed by atoms with Gasteiger partial charge in [0.1, 0.15) is 0 Å². The van der Waals surface area contributed by atoms with Gasteiger partial charge in [-0.2, -0.15) is 0 Å². The molecule has 2 nitrogen and oxygen atoms in total. The maximum absolute atomic E-state index is 9.82. The third kappa shape index (κ3) is 1.17. The topological polar surface area (TPSA) is 29.1 Å². The first-order chi connectivity index (χ1) is 3.43. The molecule has 0 aromatic heterocycles. The van der Waals surface area contributed by atoms with Gasteiger partial charge in [0.25, 0.3) is 0 Å². The molecule has 40 valence electrons. The van der Waals surface area contributed by atoms with E-state index in [1.54, 1.807) is 0 Å². The van der Waals surface area contributed by atoms with Gasteiger partial charge in [-0.1, -0.05) is 0 Å². The Morgan fingerprint density at radius 2 is 2.43 bits per heavy atom. The summed E-state index contributed by atoms with van der Waals surface area (Å²) < 4.78 is 9.82. The zero-order chi connectivity index (χ0) is 5.11. The van der Waals surface area contributed by atoms with Crippen LogP contribution in [0.5, 0.6) is 0 Å². The van der Waals surface area contributed by atoms with E-state index in [9.17, 15) is 4.21 Å². The van der Waals surface area contributed by atoms with E-state index in [1.807, 2.05) is 0 Å². The molecule has 1 aliphatic heterocycles. The lowest BCUT2D eigenvalue weighted by Crippen LogP contribution is -2.43. The molecule has 1 saturated heterocycles. The Labute approximate surface area is 46.8 Å². The van der Waals surface area contributed by atoms with Gasteiger partial charge in [0.05, 0.1) is 0 Å². The van der Waals surface area contributed by atoms with Gasteiger partial charge in [-0.15, -0.1) is 0 Å². The molecule has 3 heteroatoms. The van der Waals surface area contributed by atoms with Crippen molar-refractivity contribution in [1.82, 2.24) is 5.32 Å². The molecule has 1 aliphatic rings. The minimum atomic E-state index is 0.669. The van der Waals surface area contributed by atoms with Gasteiger partial charge in [0.15, 0.2) is 0 Å². The summed E-state index contributed by atoms with van der Waals surface area (Å²) >= 11 is 0.696. The van der Waals surface area contributed by atoms with Gasteiger partial charge in [0, 0.05) is 23.2 Å². The fourth-order valence-corrected chi connectivity index (χ4v) is 0.991. The second-order valence-electron chi connectivity index (χ2n) is 1.81. The molecule has 1 N–H and O–H groups in total. The van der Waals surface area contributed by atoms with Crippen molar-refractivity contribution in [3.05, 3.63) is 0 Å². The Hall–Kier alpha value is -0.0200. The summed E-state index contributed by atoms with van der Waals surface area (Å²) in [6.07, 6.45) is 0. The molecule has 7 heavy (non-hydrogen) atoms. The fraction of sp³-hybridized carbons (Fsp3) is 1.00. The largest absolute Gasteiger partial charge is 0.459 e. The molecular weight excluding hydrogens is 110 g/mol. The Bertz CT molecular complexity index is 72.1. The fourth-order valence-electron chi connectivity index (χ4n) is 0.563.